The van der Waals surface area contributed by atoms with Gasteiger partial charge in [-0.2, -0.15) is 5.26 Å². The van der Waals surface area contributed by atoms with Crippen molar-refractivity contribution >= 4 is 17.8 Å². The second-order valence-electron chi connectivity index (χ2n) is 5.38. The normalized spacial score (nSPS) is 14.2. The van der Waals surface area contributed by atoms with Crippen LogP contribution in [0.3, 0.4) is 0 Å². The molecule has 0 radical (unpaired) electrons. The number of carboxylic acids is 1. The Morgan fingerprint density at radius 1 is 1.08 bits per heavy atom. The lowest BCUT2D eigenvalue weighted by Gasteiger charge is -2.25. The third-order valence-electron chi connectivity index (χ3n) is 3.91. The Balaban J connectivity index is 2.08. The van der Waals surface area contributed by atoms with Gasteiger partial charge < -0.3 is 5.11 Å². The van der Waals surface area contributed by atoms with Crippen molar-refractivity contribution in [3.05, 3.63) is 70.8 Å². The van der Waals surface area contributed by atoms with Crippen LogP contribution in [0.1, 0.15) is 44.3 Å². The van der Waals surface area contributed by atoms with Gasteiger partial charge in [-0.05, 0) is 29.8 Å². The Kier molecular flexibility index (Phi) is 3.84. The van der Waals surface area contributed by atoms with Crippen molar-refractivity contribution in [2.24, 2.45) is 0 Å². The van der Waals surface area contributed by atoms with E-state index in [2.05, 4.69) is 0 Å². The fourth-order valence-corrected chi connectivity index (χ4v) is 2.83. The molecule has 118 valence electrons. The van der Waals surface area contributed by atoms with Crippen LogP contribution in [0.2, 0.25) is 0 Å². The van der Waals surface area contributed by atoms with E-state index in [1.165, 1.54) is 6.07 Å². The van der Waals surface area contributed by atoms with Gasteiger partial charge in [0.1, 0.15) is 0 Å². The molecule has 6 nitrogen and oxygen atoms in total. The largest absolute Gasteiger partial charge is 0.481 e. The summed E-state index contributed by atoms with van der Waals surface area (Å²) in [5, 5.41) is 18.2. The number of carbonyl (C=O) groups excluding carboxylic acids is 2. The van der Waals surface area contributed by atoms with E-state index in [4.69, 9.17) is 5.26 Å². The number of nitrogens with zero attached hydrogens (tertiary/aromatic N) is 2. The second-order valence-corrected chi connectivity index (χ2v) is 5.38. The van der Waals surface area contributed by atoms with Crippen molar-refractivity contribution in [1.29, 1.82) is 5.26 Å². The Bertz CT molecular complexity index is 863. The first-order valence-corrected chi connectivity index (χ1v) is 7.21. The fraction of sp³-hybridized carbons (Fsp3) is 0.111. The number of carboxylic acid groups (broad SMARTS) is 1. The molecule has 1 heterocycles. The van der Waals surface area contributed by atoms with Crippen LogP contribution >= 0.6 is 0 Å². The number of aliphatic carboxylic acids is 1. The quantitative estimate of drug-likeness (QED) is 0.872. The first-order chi connectivity index (χ1) is 11.5. The van der Waals surface area contributed by atoms with Crippen LogP contribution in [0.4, 0.5) is 0 Å². The van der Waals surface area contributed by atoms with Gasteiger partial charge in [-0.25, -0.2) is 0 Å². The molecule has 1 unspecified atom stereocenters. The molecule has 2 aromatic rings. The van der Waals surface area contributed by atoms with Crippen LogP contribution in [0.5, 0.6) is 0 Å². The van der Waals surface area contributed by atoms with E-state index in [0.717, 1.165) is 4.90 Å². The van der Waals surface area contributed by atoms with E-state index < -0.39 is 30.2 Å². The lowest BCUT2D eigenvalue weighted by molar-refractivity contribution is -0.138. The summed E-state index contributed by atoms with van der Waals surface area (Å²) in [6, 6.07) is 13.7. The van der Waals surface area contributed by atoms with Gasteiger partial charge in [0.2, 0.25) is 0 Å². The maximum atomic E-state index is 12.6. The highest BCUT2D eigenvalue weighted by molar-refractivity contribution is 6.21. The number of fused-ring (bicyclic) bond motifs is 1. The maximum Gasteiger partial charge on any atom is 0.305 e. The number of imide groups is 1. The number of nitriles is 1. The Hall–Kier alpha value is -3.46. The van der Waals surface area contributed by atoms with E-state index in [0.29, 0.717) is 11.1 Å². The molecule has 1 aliphatic heterocycles. The van der Waals surface area contributed by atoms with Crippen LogP contribution in [-0.2, 0) is 4.79 Å². The standard InChI is InChI=1S/C18H12N2O4/c19-10-11-4-3-5-12(8-11)15(9-16(21)22)20-17(23)13-6-1-2-7-14(13)18(20)24/h1-8,15H,9H2,(H,21,22). The van der Waals surface area contributed by atoms with E-state index in [1.54, 1.807) is 42.5 Å². The first-order valence-electron chi connectivity index (χ1n) is 7.21. The monoisotopic (exact) mass is 320 g/mol. The average molecular weight is 320 g/mol. The molecule has 0 saturated heterocycles. The number of amides is 2. The van der Waals surface area contributed by atoms with Crippen molar-refractivity contribution in [2.45, 2.75) is 12.5 Å². The molecular formula is C18H12N2O4. The lowest BCUT2D eigenvalue weighted by atomic mass is 10.00. The third-order valence-corrected chi connectivity index (χ3v) is 3.91. The number of benzene rings is 2. The molecule has 2 aromatic carbocycles. The van der Waals surface area contributed by atoms with Gasteiger partial charge in [-0.3, -0.25) is 19.3 Å². The highest BCUT2D eigenvalue weighted by atomic mass is 16.4. The number of hydrogen-bond donors (Lipinski definition) is 1. The predicted molar refractivity (Wildman–Crippen MR) is 83.1 cm³/mol. The molecule has 1 aliphatic rings. The smallest absolute Gasteiger partial charge is 0.305 e. The molecule has 24 heavy (non-hydrogen) atoms. The highest BCUT2D eigenvalue weighted by Gasteiger charge is 2.41. The summed E-state index contributed by atoms with van der Waals surface area (Å²) in [5.41, 5.74) is 1.29. The minimum atomic E-state index is -1.14. The zero-order valence-corrected chi connectivity index (χ0v) is 12.5. The summed E-state index contributed by atoms with van der Waals surface area (Å²) in [6.45, 7) is 0. The van der Waals surface area contributed by atoms with Gasteiger partial charge in [0, 0.05) is 0 Å². The summed E-state index contributed by atoms with van der Waals surface area (Å²) in [6.07, 6.45) is -0.430. The molecule has 6 heteroatoms. The first kappa shape index (κ1) is 15.4. The lowest BCUT2D eigenvalue weighted by Crippen LogP contribution is -2.35. The van der Waals surface area contributed by atoms with Crippen molar-refractivity contribution in [1.82, 2.24) is 4.90 Å². The van der Waals surface area contributed by atoms with Gasteiger partial charge >= 0.3 is 5.97 Å². The third kappa shape index (κ3) is 2.52. The summed E-state index contributed by atoms with van der Waals surface area (Å²) in [5.74, 6) is -2.19. The van der Waals surface area contributed by atoms with Crippen molar-refractivity contribution in [2.75, 3.05) is 0 Å². The molecular weight excluding hydrogens is 308 g/mol. The van der Waals surface area contributed by atoms with Gasteiger partial charge in [0.25, 0.3) is 11.8 Å². The molecule has 0 aromatic heterocycles. The van der Waals surface area contributed by atoms with Crippen molar-refractivity contribution in [3.8, 4) is 6.07 Å². The van der Waals surface area contributed by atoms with Crippen LogP contribution < -0.4 is 0 Å². The molecule has 3 rings (SSSR count). The molecule has 0 fully saturated rings. The molecule has 1 atom stereocenters. The summed E-state index contributed by atoms with van der Waals surface area (Å²) in [4.78, 5) is 37.4. The Morgan fingerprint density at radius 3 is 2.25 bits per heavy atom. The van der Waals surface area contributed by atoms with Crippen LogP contribution in [0.25, 0.3) is 0 Å². The van der Waals surface area contributed by atoms with Crippen molar-refractivity contribution < 1.29 is 19.5 Å². The molecule has 0 bridgehead atoms. The predicted octanol–water partition coefficient (Wildman–Crippen LogP) is 2.37. The van der Waals surface area contributed by atoms with Crippen LogP contribution in [0, 0.1) is 11.3 Å². The minimum Gasteiger partial charge on any atom is -0.481 e. The topological polar surface area (TPSA) is 98.5 Å². The molecule has 0 saturated carbocycles. The van der Waals surface area contributed by atoms with E-state index in [9.17, 15) is 19.5 Å². The molecule has 0 aliphatic carbocycles. The number of hydrogen-bond acceptors (Lipinski definition) is 4. The Morgan fingerprint density at radius 2 is 1.71 bits per heavy atom. The highest BCUT2D eigenvalue weighted by Crippen LogP contribution is 2.33. The fourth-order valence-electron chi connectivity index (χ4n) is 2.83. The van der Waals surface area contributed by atoms with Gasteiger partial charge in [-0.1, -0.05) is 24.3 Å². The van der Waals surface area contributed by atoms with Crippen LogP contribution in [0.15, 0.2) is 48.5 Å². The summed E-state index contributed by atoms with van der Waals surface area (Å²) >= 11 is 0. The van der Waals surface area contributed by atoms with E-state index in [1.807, 2.05) is 6.07 Å². The maximum absolute atomic E-state index is 12.6. The van der Waals surface area contributed by atoms with E-state index >= 15 is 0 Å². The zero-order valence-electron chi connectivity index (χ0n) is 12.5. The average Bonchev–Trinajstić information content (AvgIpc) is 2.84. The number of carbonyl (C=O) groups is 3. The van der Waals surface area contributed by atoms with Crippen LogP contribution in [-0.4, -0.2) is 27.8 Å². The summed E-state index contributed by atoms with van der Waals surface area (Å²) < 4.78 is 0. The van der Waals surface area contributed by atoms with Gasteiger partial charge in [-0.15, -0.1) is 0 Å². The zero-order chi connectivity index (χ0) is 17.3. The molecule has 2 amide bonds. The van der Waals surface area contributed by atoms with Gasteiger partial charge in [0.15, 0.2) is 0 Å². The Labute approximate surface area is 137 Å². The SMILES string of the molecule is N#Cc1cccc(C(CC(=O)O)N2C(=O)c3ccccc3C2=O)c1. The second kappa shape index (κ2) is 5.97. The van der Waals surface area contributed by atoms with Gasteiger partial charge in [0.05, 0.1) is 35.2 Å². The van der Waals surface area contributed by atoms with E-state index in [-0.39, 0.29) is 11.1 Å². The molecule has 1 N–H and O–H groups in total. The number of rotatable bonds is 4. The molecule has 0 spiro atoms. The minimum absolute atomic E-state index is 0.259. The van der Waals surface area contributed by atoms with Crippen molar-refractivity contribution in [3.63, 3.8) is 0 Å². The summed E-state index contributed by atoms with van der Waals surface area (Å²) in [7, 11) is 0.